The molecule has 3 aromatic rings. The summed E-state index contributed by atoms with van der Waals surface area (Å²) >= 11 is 8.31. The van der Waals surface area contributed by atoms with Crippen LogP contribution in [0.2, 0.25) is 0 Å². The van der Waals surface area contributed by atoms with Gasteiger partial charge in [0, 0.05) is 0 Å². The first kappa shape index (κ1) is 27.1. The Morgan fingerprint density at radius 2 is 1.92 bits per heavy atom. The van der Waals surface area contributed by atoms with Gasteiger partial charge in [-0.15, -0.1) is 0 Å². The third-order valence-electron chi connectivity index (χ3n) is 5.62. The minimum absolute atomic E-state index is 0.209. The molecule has 1 aliphatic heterocycles. The Hall–Kier alpha value is -2.95. The Morgan fingerprint density at radius 3 is 2.57 bits per heavy atom. The van der Waals surface area contributed by atoms with Gasteiger partial charge in [-0.3, -0.25) is 9.36 Å². The minimum atomic E-state index is -0.707. The lowest BCUT2D eigenvalue weighted by molar-refractivity contribution is -0.139. The summed E-state index contributed by atoms with van der Waals surface area (Å²) in [5, 5.41) is 0. The van der Waals surface area contributed by atoms with Gasteiger partial charge in [0.2, 0.25) is 0 Å². The normalized spacial score (nSPS) is 15.2. The van der Waals surface area contributed by atoms with Crippen molar-refractivity contribution in [2.75, 3.05) is 20.3 Å². The molecular formula is C27H24Br2N2O5S. The summed E-state index contributed by atoms with van der Waals surface area (Å²) in [6.45, 7) is 7.76. The summed E-state index contributed by atoms with van der Waals surface area (Å²) in [5.41, 5.74) is 2.12. The summed E-state index contributed by atoms with van der Waals surface area (Å²) < 4.78 is 19.8. The van der Waals surface area contributed by atoms with Crippen LogP contribution in [0.4, 0.5) is 0 Å². The van der Waals surface area contributed by atoms with Crippen LogP contribution in [0.1, 0.15) is 31.0 Å². The second-order valence-electron chi connectivity index (χ2n) is 7.99. The van der Waals surface area contributed by atoms with Crippen LogP contribution >= 0.6 is 43.2 Å². The number of nitrogens with zero attached hydrogens (tertiary/aromatic N) is 2. The van der Waals surface area contributed by atoms with E-state index in [-0.39, 0.29) is 12.2 Å². The molecule has 0 bridgehead atoms. The van der Waals surface area contributed by atoms with E-state index in [1.54, 1.807) is 43.7 Å². The lowest BCUT2D eigenvalue weighted by Gasteiger charge is -2.25. The molecule has 0 N–H and O–H groups in total. The molecule has 192 valence electrons. The van der Waals surface area contributed by atoms with Crippen molar-refractivity contribution in [1.82, 2.24) is 4.57 Å². The van der Waals surface area contributed by atoms with Gasteiger partial charge in [0.15, 0.2) is 4.80 Å². The van der Waals surface area contributed by atoms with Crippen LogP contribution in [0.5, 0.6) is 11.5 Å². The zero-order valence-corrected chi connectivity index (χ0v) is 24.4. The Kier molecular flexibility index (Phi) is 8.51. The van der Waals surface area contributed by atoms with Crippen LogP contribution in [0, 0.1) is 0 Å². The average Bonchev–Trinajstić information content (AvgIpc) is 3.16. The second kappa shape index (κ2) is 11.6. The van der Waals surface area contributed by atoms with E-state index in [1.165, 1.54) is 11.3 Å². The molecule has 1 aliphatic rings. The van der Waals surface area contributed by atoms with Crippen molar-refractivity contribution in [3.63, 3.8) is 0 Å². The fourth-order valence-electron chi connectivity index (χ4n) is 3.98. The van der Waals surface area contributed by atoms with Gasteiger partial charge in [-0.1, -0.05) is 36.1 Å². The first-order chi connectivity index (χ1) is 17.8. The number of benzene rings is 2. The van der Waals surface area contributed by atoms with Gasteiger partial charge >= 0.3 is 5.97 Å². The number of hydrogen-bond acceptors (Lipinski definition) is 7. The van der Waals surface area contributed by atoms with Crippen LogP contribution in [0.15, 0.2) is 79.1 Å². The van der Waals surface area contributed by atoms with Gasteiger partial charge in [-0.05, 0) is 87.2 Å². The van der Waals surface area contributed by atoms with Gasteiger partial charge in [-0.2, -0.15) is 0 Å². The van der Waals surface area contributed by atoms with E-state index in [0.717, 1.165) is 15.6 Å². The minimum Gasteiger partial charge on any atom is -0.496 e. The van der Waals surface area contributed by atoms with Crippen molar-refractivity contribution < 1.29 is 19.0 Å². The fraction of sp³-hybridized carbons (Fsp3) is 0.222. The van der Waals surface area contributed by atoms with E-state index in [2.05, 4.69) is 43.4 Å². The van der Waals surface area contributed by atoms with E-state index in [0.29, 0.717) is 43.2 Å². The molecule has 0 spiro atoms. The highest BCUT2D eigenvalue weighted by Crippen LogP contribution is 2.35. The molecular weight excluding hydrogens is 624 g/mol. The fourth-order valence-corrected chi connectivity index (χ4v) is 6.10. The molecule has 0 unspecified atom stereocenters. The predicted molar refractivity (Wildman–Crippen MR) is 151 cm³/mol. The SMILES string of the molecule is C=CCOc1ccc(/C=c2/sc3n(c2=O)[C@@H](c2ccc(OC)c(Br)c2)C(C(=O)OCC)=C(C)N=3)cc1Br. The summed E-state index contributed by atoms with van der Waals surface area (Å²) in [7, 11) is 1.58. The van der Waals surface area contributed by atoms with Gasteiger partial charge < -0.3 is 14.2 Å². The maximum atomic E-state index is 13.8. The monoisotopic (exact) mass is 646 g/mol. The molecule has 7 nitrogen and oxygen atoms in total. The van der Waals surface area contributed by atoms with Crippen molar-refractivity contribution in [2.24, 2.45) is 4.99 Å². The summed E-state index contributed by atoms with van der Waals surface area (Å²) in [6.07, 6.45) is 3.47. The number of carbonyl (C=O) groups excluding carboxylic acids is 1. The van der Waals surface area contributed by atoms with E-state index in [1.807, 2.05) is 30.3 Å². The van der Waals surface area contributed by atoms with Crippen molar-refractivity contribution in [3.8, 4) is 11.5 Å². The molecule has 37 heavy (non-hydrogen) atoms. The molecule has 1 aromatic heterocycles. The topological polar surface area (TPSA) is 79.1 Å². The molecule has 2 aromatic carbocycles. The van der Waals surface area contributed by atoms with Gasteiger partial charge in [0.25, 0.3) is 5.56 Å². The molecule has 0 fully saturated rings. The lowest BCUT2D eigenvalue weighted by atomic mass is 9.96. The standard InChI is InChI=1S/C27H24Br2N2O5S/c1-5-11-36-21-9-7-16(12-18(21)28)13-22-25(32)31-24(17-8-10-20(34-4)19(29)14-17)23(26(33)35-6-2)15(3)30-27(31)37-22/h5,7-10,12-14,24H,1,6,11H2,2-4H3/b22-13+/t24-/m0/s1. The lowest BCUT2D eigenvalue weighted by Crippen LogP contribution is -2.39. The number of rotatable bonds is 8. The smallest absolute Gasteiger partial charge is 0.338 e. The van der Waals surface area contributed by atoms with Crippen molar-refractivity contribution in [3.05, 3.63) is 100 Å². The van der Waals surface area contributed by atoms with Gasteiger partial charge in [-0.25, -0.2) is 9.79 Å². The molecule has 0 amide bonds. The molecule has 10 heteroatoms. The number of methoxy groups -OCH3 is 1. The maximum Gasteiger partial charge on any atom is 0.338 e. The number of carbonyl (C=O) groups is 1. The third-order valence-corrected chi connectivity index (χ3v) is 7.84. The van der Waals surface area contributed by atoms with Crippen LogP contribution in [-0.4, -0.2) is 30.9 Å². The molecule has 1 atom stereocenters. The zero-order valence-electron chi connectivity index (χ0n) is 20.4. The van der Waals surface area contributed by atoms with Gasteiger partial charge in [0.05, 0.1) is 44.5 Å². The van der Waals surface area contributed by atoms with E-state index in [9.17, 15) is 9.59 Å². The van der Waals surface area contributed by atoms with Crippen molar-refractivity contribution >= 4 is 55.2 Å². The quantitative estimate of drug-likeness (QED) is 0.257. The Morgan fingerprint density at radius 1 is 1.19 bits per heavy atom. The number of aromatic nitrogens is 1. The van der Waals surface area contributed by atoms with Crippen LogP contribution in [-0.2, 0) is 9.53 Å². The number of ether oxygens (including phenoxy) is 3. The summed E-state index contributed by atoms with van der Waals surface area (Å²) in [4.78, 5) is 31.9. The third kappa shape index (κ3) is 5.51. The van der Waals surface area contributed by atoms with Gasteiger partial charge in [0.1, 0.15) is 18.1 Å². The highest BCUT2D eigenvalue weighted by molar-refractivity contribution is 9.10. The molecule has 0 saturated heterocycles. The van der Waals surface area contributed by atoms with E-state index < -0.39 is 12.0 Å². The molecule has 0 radical (unpaired) electrons. The number of esters is 1. The summed E-state index contributed by atoms with van der Waals surface area (Å²) in [6, 6.07) is 10.3. The van der Waals surface area contributed by atoms with E-state index >= 15 is 0 Å². The van der Waals surface area contributed by atoms with Crippen LogP contribution in [0.3, 0.4) is 0 Å². The zero-order chi connectivity index (χ0) is 26.7. The number of allylic oxidation sites excluding steroid dienone is 1. The van der Waals surface area contributed by atoms with E-state index in [4.69, 9.17) is 14.2 Å². The maximum absolute atomic E-state index is 13.8. The Bertz CT molecular complexity index is 1590. The number of fused-ring (bicyclic) bond motifs is 1. The number of halogens is 2. The Labute approximate surface area is 234 Å². The average molecular weight is 648 g/mol. The second-order valence-corrected chi connectivity index (χ2v) is 10.7. The number of hydrogen-bond donors (Lipinski definition) is 0. The van der Waals surface area contributed by atoms with Crippen molar-refractivity contribution in [1.29, 1.82) is 0 Å². The first-order valence-corrected chi connectivity index (χ1v) is 13.8. The van der Waals surface area contributed by atoms with Crippen LogP contribution in [0.25, 0.3) is 6.08 Å². The highest BCUT2D eigenvalue weighted by atomic mass is 79.9. The van der Waals surface area contributed by atoms with Crippen LogP contribution < -0.4 is 24.4 Å². The number of thiazole rings is 1. The molecule has 0 saturated carbocycles. The predicted octanol–water partition coefficient (Wildman–Crippen LogP) is 4.90. The highest BCUT2D eigenvalue weighted by Gasteiger charge is 2.33. The van der Waals surface area contributed by atoms with Crippen molar-refractivity contribution in [2.45, 2.75) is 19.9 Å². The molecule has 2 heterocycles. The Balaban J connectivity index is 1.88. The summed E-state index contributed by atoms with van der Waals surface area (Å²) in [5.74, 6) is 0.813. The first-order valence-electron chi connectivity index (χ1n) is 11.3. The molecule has 0 aliphatic carbocycles. The largest absolute Gasteiger partial charge is 0.496 e. The molecule has 4 rings (SSSR count).